The Kier molecular flexibility index (Phi) is 1.73. The van der Waals surface area contributed by atoms with Crippen LogP contribution in [0.1, 0.15) is 16.2 Å². The van der Waals surface area contributed by atoms with E-state index in [0.717, 1.165) is 5.52 Å². The summed E-state index contributed by atoms with van der Waals surface area (Å²) >= 11 is 0. The summed E-state index contributed by atoms with van der Waals surface area (Å²) in [4.78, 5) is 18.8. The number of fused-ring (bicyclic) bond motifs is 1. The zero-order valence-corrected chi connectivity index (χ0v) is 7.85. The van der Waals surface area contributed by atoms with Crippen molar-refractivity contribution in [3.05, 3.63) is 23.8 Å². The number of carboxylic acids is 1. The number of aromatic carboxylic acids is 1. The minimum absolute atomic E-state index is 0.0358. The fourth-order valence-electron chi connectivity index (χ4n) is 1.50. The third-order valence-electron chi connectivity index (χ3n) is 2.09. The van der Waals surface area contributed by atoms with Crippen molar-refractivity contribution in [1.29, 1.82) is 0 Å². The molecule has 0 atom stereocenters. The van der Waals surface area contributed by atoms with E-state index in [1.54, 1.807) is 13.3 Å². The van der Waals surface area contributed by atoms with Crippen molar-refractivity contribution in [3.8, 4) is 0 Å². The molecule has 72 valence electrons. The van der Waals surface area contributed by atoms with Crippen LogP contribution in [0.25, 0.3) is 11.0 Å². The number of aromatic nitrogens is 3. The monoisotopic (exact) mass is 191 g/mol. The number of carbonyl (C=O) groups is 1. The van der Waals surface area contributed by atoms with Crippen LogP contribution in [0, 0.1) is 6.92 Å². The van der Waals surface area contributed by atoms with Crippen molar-refractivity contribution in [2.75, 3.05) is 0 Å². The molecular weight excluding hydrogens is 182 g/mol. The van der Waals surface area contributed by atoms with E-state index in [9.17, 15) is 4.79 Å². The van der Waals surface area contributed by atoms with Crippen LogP contribution in [0.5, 0.6) is 0 Å². The molecule has 5 nitrogen and oxygen atoms in total. The molecule has 0 saturated heterocycles. The zero-order chi connectivity index (χ0) is 10.3. The van der Waals surface area contributed by atoms with Gasteiger partial charge in [0.05, 0.1) is 23.1 Å². The van der Waals surface area contributed by atoms with Gasteiger partial charge in [0.15, 0.2) is 5.69 Å². The average Bonchev–Trinajstić information content (AvgIpc) is 2.48. The van der Waals surface area contributed by atoms with Gasteiger partial charge in [-0.2, -0.15) is 0 Å². The molecule has 2 aromatic heterocycles. The van der Waals surface area contributed by atoms with Crippen LogP contribution in [0.3, 0.4) is 0 Å². The molecule has 0 bridgehead atoms. The Bertz CT molecular complexity index is 516. The van der Waals surface area contributed by atoms with Crippen LogP contribution in [0.4, 0.5) is 0 Å². The molecule has 0 saturated carbocycles. The van der Waals surface area contributed by atoms with Crippen molar-refractivity contribution in [3.63, 3.8) is 0 Å². The first-order chi connectivity index (χ1) is 6.59. The predicted molar refractivity (Wildman–Crippen MR) is 50.2 cm³/mol. The lowest BCUT2D eigenvalue weighted by Crippen LogP contribution is -2.02. The van der Waals surface area contributed by atoms with Crippen LogP contribution in [0.2, 0.25) is 0 Å². The lowest BCUT2D eigenvalue weighted by molar-refractivity contribution is 0.0690. The highest BCUT2D eigenvalue weighted by atomic mass is 16.4. The second-order valence-corrected chi connectivity index (χ2v) is 3.12. The lowest BCUT2D eigenvalue weighted by Gasteiger charge is -2.00. The smallest absolute Gasteiger partial charge is 0.354 e. The van der Waals surface area contributed by atoms with Crippen molar-refractivity contribution >= 4 is 17.0 Å². The molecular formula is C9H9N3O2. The Morgan fingerprint density at radius 2 is 2.29 bits per heavy atom. The van der Waals surface area contributed by atoms with Crippen LogP contribution >= 0.6 is 0 Å². The first kappa shape index (κ1) is 8.68. The maximum Gasteiger partial charge on any atom is 0.354 e. The quantitative estimate of drug-likeness (QED) is 0.729. The number of imidazole rings is 1. The molecule has 1 N–H and O–H groups in total. The maximum atomic E-state index is 10.7. The van der Waals surface area contributed by atoms with Crippen molar-refractivity contribution in [2.24, 2.45) is 7.05 Å². The van der Waals surface area contributed by atoms with E-state index < -0.39 is 5.97 Å². The van der Waals surface area contributed by atoms with Crippen LogP contribution < -0.4 is 0 Å². The van der Waals surface area contributed by atoms with E-state index in [1.807, 2.05) is 11.6 Å². The van der Waals surface area contributed by atoms with Crippen LogP contribution in [-0.2, 0) is 7.05 Å². The average molecular weight is 191 g/mol. The summed E-state index contributed by atoms with van der Waals surface area (Å²) in [5.74, 6) is -1.03. The molecule has 0 amide bonds. The summed E-state index contributed by atoms with van der Waals surface area (Å²) in [5.41, 5.74) is 2.25. The standard InChI is InChI=1S/C9H9N3O2/c1-5-8-6(10-4-12(8)2)3-7(11-5)9(13)14/h3-4H,1-2H3,(H,13,14). The van der Waals surface area contributed by atoms with Crippen LogP contribution in [-0.4, -0.2) is 25.6 Å². The molecule has 0 aliphatic rings. The molecule has 0 spiro atoms. The maximum absolute atomic E-state index is 10.7. The first-order valence-corrected chi connectivity index (χ1v) is 4.11. The predicted octanol–water partition coefficient (Wildman–Crippen LogP) is 0.975. The highest BCUT2D eigenvalue weighted by Gasteiger charge is 2.11. The third-order valence-corrected chi connectivity index (χ3v) is 2.09. The highest BCUT2D eigenvalue weighted by Crippen LogP contribution is 2.15. The van der Waals surface area contributed by atoms with Crippen molar-refractivity contribution in [1.82, 2.24) is 14.5 Å². The van der Waals surface area contributed by atoms with Gasteiger partial charge in [-0.1, -0.05) is 0 Å². The number of hydrogen-bond acceptors (Lipinski definition) is 3. The Balaban J connectivity index is 2.80. The lowest BCUT2D eigenvalue weighted by atomic mass is 10.2. The van der Waals surface area contributed by atoms with Gasteiger partial charge in [0.1, 0.15) is 0 Å². The minimum Gasteiger partial charge on any atom is -0.477 e. The second kappa shape index (κ2) is 2.80. The molecule has 2 heterocycles. The number of rotatable bonds is 1. The molecule has 2 aromatic rings. The van der Waals surface area contributed by atoms with Gasteiger partial charge in [0, 0.05) is 7.05 Å². The summed E-state index contributed by atoms with van der Waals surface area (Å²) in [6, 6.07) is 1.48. The van der Waals surface area contributed by atoms with E-state index in [-0.39, 0.29) is 5.69 Å². The summed E-state index contributed by atoms with van der Waals surface area (Å²) in [6.45, 7) is 1.77. The summed E-state index contributed by atoms with van der Waals surface area (Å²) in [5, 5.41) is 8.78. The number of pyridine rings is 1. The summed E-state index contributed by atoms with van der Waals surface area (Å²) in [6.07, 6.45) is 1.64. The van der Waals surface area contributed by atoms with Gasteiger partial charge in [-0.3, -0.25) is 0 Å². The second-order valence-electron chi connectivity index (χ2n) is 3.12. The molecule has 2 rings (SSSR count). The van der Waals surface area contributed by atoms with Gasteiger partial charge in [-0.25, -0.2) is 14.8 Å². The van der Waals surface area contributed by atoms with Gasteiger partial charge < -0.3 is 9.67 Å². The SMILES string of the molecule is Cc1nc(C(=O)O)cc2ncn(C)c12. The highest BCUT2D eigenvalue weighted by molar-refractivity contribution is 5.90. The fraction of sp³-hybridized carbons (Fsp3) is 0.222. The number of hydrogen-bond donors (Lipinski definition) is 1. The van der Waals surface area contributed by atoms with Gasteiger partial charge in [0.2, 0.25) is 0 Å². The molecule has 0 radical (unpaired) electrons. The van der Waals surface area contributed by atoms with Crippen molar-refractivity contribution < 1.29 is 9.90 Å². The van der Waals surface area contributed by atoms with E-state index in [2.05, 4.69) is 9.97 Å². The van der Waals surface area contributed by atoms with Gasteiger partial charge in [-0.05, 0) is 13.0 Å². The van der Waals surface area contributed by atoms with E-state index >= 15 is 0 Å². The first-order valence-electron chi connectivity index (χ1n) is 4.11. The molecule has 0 aliphatic heterocycles. The minimum atomic E-state index is -1.03. The Hall–Kier alpha value is -1.91. The topological polar surface area (TPSA) is 68.0 Å². The van der Waals surface area contributed by atoms with Gasteiger partial charge >= 0.3 is 5.97 Å². The Morgan fingerprint density at radius 3 is 2.93 bits per heavy atom. The van der Waals surface area contributed by atoms with E-state index in [0.29, 0.717) is 11.2 Å². The summed E-state index contributed by atoms with van der Waals surface area (Å²) < 4.78 is 1.82. The van der Waals surface area contributed by atoms with E-state index in [4.69, 9.17) is 5.11 Å². The molecule has 0 unspecified atom stereocenters. The number of aryl methyl sites for hydroxylation is 2. The molecule has 0 aromatic carbocycles. The van der Waals surface area contributed by atoms with E-state index in [1.165, 1.54) is 6.07 Å². The normalized spacial score (nSPS) is 10.7. The van der Waals surface area contributed by atoms with Gasteiger partial charge in [0.25, 0.3) is 0 Å². The largest absolute Gasteiger partial charge is 0.477 e. The molecule has 0 aliphatic carbocycles. The zero-order valence-electron chi connectivity index (χ0n) is 7.85. The number of carboxylic acid groups (broad SMARTS) is 1. The fourth-order valence-corrected chi connectivity index (χ4v) is 1.50. The third kappa shape index (κ3) is 1.14. The number of nitrogens with zero attached hydrogens (tertiary/aromatic N) is 3. The molecule has 5 heteroatoms. The molecule has 14 heavy (non-hydrogen) atoms. The Labute approximate surface area is 80.0 Å². The molecule has 0 fully saturated rings. The summed E-state index contributed by atoms with van der Waals surface area (Å²) in [7, 11) is 1.85. The van der Waals surface area contributed by atoms with Gasteiger partial charge in [-0.15, -0.1) is 0 Å². The van der Waals surface area contributed by atoms with Crippen molar-refractivity contribution in [2.45, 2.75) is 6.92 Å². The van der Waals surface area contributed by atoms with Crippen LogP contribution in [0.15, 0.2) is 12.4 Å². The Morgan fingerprint density at radius 1 is 1.57 bits per heavy atom.